The van der Waals surface area contributed by atoms with Crippen molar-refractivity contribution in [3.63, 3.8) is 0 Å². The topological polar surface area (TPSA) is 56.7 Å². The van der Waals surface area contributed by atoms with Crippen molar-refractivity contribution in [1.82, 2.24) is 0 Å². The van der Waals surface area contributed by atoms with Gasteiger partial charge in [0, 0.05) is 151 Å². The molecule has 4 aliphatic rings. The Balaban J connectivity index is 0.000000149. The Bertz CT molecular complexity index is 7450. The molecule has 9 heteroatoms. The molecule has 126 heavy (non-hydrogen) atoms. The maximum atomic E-state index is 17.4. The average molecular weight is 1630 g/mol. The van der Waals surface area contributed by atoms with Crippen LogP contribution in [0.3, 0.4) is 0 Å². The largest absolute Gasteiger partial charge is 0.456 e. The van der Waals surface area contributed by atoms with Gasteiger partial charge in [-0.2, -0.15) is 0 Å². The SMILES string of the molecule is CC1(C)c2cc(N(c3ccccc3)c3ccccc3)ccc2-c2oc3c(c21)C(C)(C)c1cc(N(c2ccc4c(c2)oc2ccccc24)c2ccccc2-c2ccccc2)ccc1-3.[C-]#[N+]c1ccc(N(c2ccc3c(c2)C(C)(C)c2c-3oc3c2C(C)(C)c2cc(N(c4ccccc4)c4ccccc4)ccc2-3)c2c(F)cc(-c3ccccc3)cc2-c2ccccc2)cc1. The fourth-order valence-electron chi connectivity index (χ4n) is 20.6. The second-order valence-corrected chi connectivity index (χ2v) is 35.5. The molecule has 0 radical (unpaired) electrons. The van der Waals surface area contributed by atoms with E-state index in [1.54, 1.807) is 18.2 Å². The Hall–Kier alpha value is -15.5. The number of fused-ring (bicyclic) bond motifs is 17. The summed E-state index contributed by atoms with van der Waals surface area (Å²) < 4.78 is 38.1. The van der Waals surface area contributed by atoms with Crippen LogP contribution < -0.4 is 19.6 Å². The van der Waals surface area contributed by atoms with Gasteiger partial charge < -0.3 is 32.9 Å². The summed E-state index contributed by atoms with van der Waals surface area (Å²) in [6, 6.07) is 135. The zero-order valence-corrected chi connectivity index (χ0v) is 71.3. The number of furan rings is 3. The van der Waals surface area contributed by atoms with Gasteiger partial charge in [-0.3, -0.25) is 0 Å². The molecule has 0 saturated carbocycles. The molecule has 0 spiro atoms. The van der Waals surface area contributed by atoms with Crippen LogP contribution in [0.15, 0.2) is 401 Å². The predicted molar refractivity (Wildman–Crippen MR) is 516 cm³/mol. The van der Waals surface area contributed by atoms with Crippen molar-refractivity contribution in [1.29, 1.82) is 0 Å². The maximum Gasteiger partial charge on any atom is 0.187 e. The minimum atomic E-state index is -0.461. The molecule has 0 aliphatic heterocycles. The fourth-order valence-corrected chi connectivity index (χ4v) is 20.6. The Labute approximate surface area is 734 Å². The first-order valence-electron chi connectivity index (χ1n) is 43.2. The molecule has 0 fully saturated rings. The summed E-state index contributed by atoms with van der Waals surface area (Å²) in [5.41, 5.74) is 32.6. The van der Waals surface area contributed by atoms with E-state index in [4.69, 9.17) is 19.8 Å². The summed E-state index contributed by atoms with van der Waals surface area (Å²) in [4.78, 5) is 12.7. The lowest BCUT2D eigenvalue weighted by Gasteiger charge is -2.31. The lowest BCUT2D eigenvalue weighted by molar-refractivity contribution is 0.592. The normalized spacial score (nSPS) is 13.8. The van der Waals surface area contributed by atoms with Crippen molar-refractivity contribution in [2.45, 2.75) is 77.0 Å². The number of rotatable bonds is 15. The minimum absolute atomic E-state index is 0.304. The summed E-state index contributed by atoms with van der Waals surface area (Å²) in [6.45, 7) is 26.4. The number of benzene rings is 16. The van der Waals surface area contributed by atoms with E-state index >= 15 is 4.39 Å². The highest BCUT2D eigenvalue weighted by Gasteiger charge is 2.52. The van der Waals surface area contributed by atoms with Gasteiger partial charge in [-0.1, -0.05) is 268 Å². The smallest absolute Gasteiger partial charge is 0.187 e. The van der Waals surface area contributed by atoms with Crippen LogP contribution in [-0.4, -0.2) is 0 Å². The van der Waals surface area contributed by atoms with Crippen LogP contribution in [0.25, 0.3) is 105 Å². The third kappa shape index (κ3) is 12.3. The number of anilines is 12. The Morgan fingerprint density at radius 1 is 0.246 bits per heavy atom. The highest BCUT2D eigenvalue weighted by molar-refractivity contribution is 6.07. The van der Waals surface area contributed by atoms with Gasteiger partial charge in [0.25, 0.3) is 0 Å². The van der Waals surface area contributed by atoms with Gasteiger partial charge in [0.2, 0.25) is 0 Å². The van der Waals surface area contributed by atoms with Crippen molar-refractivity contribution in [3.05, 3.63) is 450 Å². The van der Waals surface area contributed by atoms with E-state index in [9.17, 15) is 0 Å². The van der Waals surface area contributed by atoms with Gasteiger partial charge in [0.1, 0.15) is 40.0 Å². The van der Waals surface area contributed by atoms with Crippen molar-refractivity contribution in [2.24, 2.45) is 0 Å². The molecule has 0 atom stereocenters. The third-order valence-corrected chi connectivity index (χ3v) is 26.7. The number of nitrogens with zero attached hydrogens (tertiary/aromatic N) is 5. The van der Waals surface area contributed by atoms with Crippen molar-refractivity contribution in [2.75, 3.05) is 19.6 Å². The third-order valence-electron chi connectivity index (χ3n) is 26.7. The first-order valence-corrected chi connectivity index (χ1v) is 43.2. The van der Waals surface area contributed by atoms with Gasteiger partial charge in [-0.15, -0.1) is 0 Å². The van der Waals surface area contributed by atoms with E-state index in [2.05, 4.69) is 360 Å². The first kappa shape index (κ1) is 76.6. The standard InChI is InChI=1S/C59H44FN3O.C58H44N2O2/c1-58(2)50-36-45(62(42-22-14-8-15-23-42)43-24-16-9-17-25-43)30-32-47(50)56-53(58)54-57(64-56)48-33-31-46(37-51(48)59(54,3)4)63(44-28-26-41(61-5)27-29-44)55-49(39-20-12-7-13-21-39)34-40(35-52(55)60)38-18-10-6-11-19-38;1-57(2)48-34-40(59(38-20-10-6-11-21-38)39-22-12-7-13-23-39)29-32-46(48)55-53(57)54-56(62-55)47-33-30-41(35-49(47)58(54,3)4)60(50-26-16-14-24-43(50)37-18-8-5-9-19-37)42-28-31-45-44-25-15-17-27-51(44)61-52(45)36-42/h6-37H,1-4H3;5-36H,1-4H3. The van der Waals surface area contributed by atoms with Gasteiger partial charge in [-0.05, 0) is 214 Å². The van der Waals surface area contributed by atoms with Gasteiger partial charge in [0.15, 0.2) is 5.69 Å². The Kier molecular flexibility index (Phi) is 18.0. The molecule has 0 unspecified atom stereocenters. The molecule has 4 aliphatic carbocycles. The zero-order valence-electron chi connectivity index (χ0n) is 71.3. The molecule has 3 aromatic heterocycles. The van der Waals surface area contributed by atoms with Crippen LogP contribution in [0, 0.1) is 12.4 Å². The predicted octanol–water partition coefficient (Wildman–Crippen LogP) is 33.3. The van der Waals surface area contributed by atoms with Gasteiger partial charge in [0.05, 0.1) is 17.9 Å². The van der Waals surface area contributed by atoms with Crippen LogP contribution in [0.5, 0.6) is 0 Å². The van der Waals surface area contributed by atoms with Gasteiger partial charge in [-0.25, -0.2) is 9.24 Å². The molecule has 0 amide bonds. The van der Waals surface area contributed by atoms with Crippen LogP contribution in [0.4, 0.5) is 78.3 Å². The molecule has 606 valence electrons. The van der Waals surface area contributed by atoms with E-state index in [0.29, 0.717) is 11.4 Å². The number of para-hydroxylation sites is 6. The molecule has 23 rings (SSSR count). The Morgan fingerprint density at radius 3 is 1.00 bits per heavy atom. The quantitative estimate of drug-likeness (QED) is 0.0948. The molecular weight excluding hydrogens is 1540 g/mol. The van der Waals surface area contributed by atoms with Crippen LogP contribution >= 0.6 is 0 Å². The number of hydrogen-bond acceptors (Lipinski definition) is 7. The van der Waals surface area contributed by atoms with Crippen LogP contribution in [-0.2, 0) is 21.7 Å². The van der Waals surface area contributed by atoms with Gasteiger partial charge >= 0.3 is 0 Å². The molecule has 16 aromatic carbocycles. The minimum Gasteiger partial charge on any atom is -0.456 e. The zero-order chi connectivity index (χ0) is 85.5. The van der Waals surface area contributed by atoms with Crippen LogP contribution in [0.2, 0.25) is 0 Å². The molecule has 3 heterocycles. The van der Waals surface area contributed by atoms with E-state index < -0.39 is 5.41 Å². The van der Waals surface area contributed by atoms with Crippen LogP contribution in [0.1, 0.15) is 99.9 Å². The second kappa shape index (κ2) is 29.7. The summed E-state index contributed by atoms with van der Waals surface area (Å²) >= 11 is 0. The van der Waals surface area contributed by atoms with E-state index in [-0.39, 0.29) is 22.1 Å². The highest BCUT2D eigenvalue weighted by Crippen LogP contribution is 2.65. The summed E-state index contributed by atoms with van der Waals surface area (Å²) in [6.07, 6.45) is 0. The molecule has 0 saturated heterocycles. The Morgan fingerprint density at radius 2 is 0.571 bits per heavy atom. The number of halogens is 1. The van der Waals surface area contributed by atoms with E-state index in [0.717, 1.165) is 163 Å². The van der Waals surface area contributed by atoms with E-state index in [1.807, 2.05) is 89.8 Å². The lowest BCUT2D eigenvalue weighted by Crippen LogP contribution is -2.23. The van der Waals surface area contributed by atoms with E-state index in [1.165, 1.54) is 44.5 Å². The van der Waals surface area contributed by atoms with Crippen molar-refractivity contribution in [3.8, 4) is 78.7 Å². The first-order chi connectivity index (χ1) is 61.4. The fraction of sp³-hybridized carbons (Fsp3) is 0.103. The lowest BCUT2D eigenvalue weighted by atomic mass is 9.74. The molecule has 8 nitrogen and oxygen atoms in total. The molecule has 19 aromatic rings. The highest BCUT2D eigenvalue weighted by atomic mass is 19.1. The van der Waals surface area contributed by atoms with Crippen molar-refractivity contribution < 1.29 is 17.6 Å². The summed E-state index contributed by atoms with van der Waals surface area (Å²) in [7, 11) is 0. The number of hydrogen-bond donors (Lipinski definition) is 0. The summed E-state index contributed by atoms with van der Waals surface area (Å²) in [5, 5.41) is 2.23. The molecular formula is C117H88FN5O3. The van der Waals surface area contributed by atoms with Crippen molar-refractivity contribution >= 4 is 95.9 Å². The second-order valence-electron chi connectivity index (χ2n) is 35.5. The summed E-state index contributed by atoms with van der Waals surface area (Å²) in [5.74, 6) is 3.45. The maximum absolute atomic E-state index is 17.4. The molecule has 0 bridgehead atoms. The molecule has 0 N–H and O–H groups in total. The average Bonchev–Trinajstić information content (AvgIpc) is 1.52. The monoisotopic (exact) mass is 1630 g/mol.